The Balaban J connectivity index is 1.67. The van der Waals surface area contributed by atoms with Crippen molar-refractivity contribution >= 4 is 11.8 Å². The molecule has 1 aromatic carbocycles. The van der Waals surface area contributed by atoms with Crippen molar-refractivity contribution in [1.29, 1.82) is 0 Å². The molecule has 2 amide bonds. The largest absolute Gasteiger partial charge is 0.472 e. The first-order valence-electron chi connectivity index (χ1n) is 11.9. The van der Waals surface area contributed by atoms with E-state index in [0.29, 0.717) is 18.7 Å². The van der Waals surface area contributed by atoms with Gasteiger partial charge in [-0.2, -0.15) is 0 Å². The fourth-order valence-corrected chi connectivity index (χ4v) is 4.09. The zero-order chi connectivity index (χ0) is 25.1. The molecule has 4 rings (SSSR count). The molecule has 2 heterocycles. The van der Waals surface area contributed by atoms with Crippen molar-refractivity contribution in [2.75, 3.05) is 26.7 Å². The summed E-state index contributed by atoms with van der Waals surface area (Å²) in [6.45, 7) is 4.26. The molecule has 1 N–H and O–H groups in total. The molecule has 0 saturated heterocycles. The Labute approximate surface area is 204 Å². The first-order valence-corrected chi connectivity index (χ1v) is 11.9. The lowest BCUT2D eigenvalue weighted by molar-refractivity contribution is -0.132. The number of likely N-dealkylation sites (N-methyl/N-ethyl adjacent to an activating group) is 1. The zero-order valence-corrected chi connectivity index (χ0v) is 20.2. The first kappa shape index (κ1) is 24.7. The van der Waals surface area contributed by atoms with Gasteiger partial charge < -0.3 is 19.6 Å². The maximum Gasteiger partial charge on any atom is 0.259 e. The summed E-state index contributed by atoms with van der Waals surface area (Å²) in [5.41, 5.74) is 0.903. The molecule has 184 valence electrons. The Morgan fingerprint density at radius 2 is 2.09 bits per heavy atom. The Morgan fingerprint density at radius 3 is 2.77 bits per heavy atom. The fraction of sp³-hybridized carbons (Fsp3) is 0.444. The second-order valence-electron chi connectivity index (χ2n) is 9.42. The summed E-state index contributed by atoms with van der Waals surface area (Å²) in [5, 5.41) is 9.79. The third-order valence-electron chi connectivity index (χ3n) is 6.49. The van der Waals surface area contributed by atoms with Gasteiger partial charge in [0.15, 0.2) is 0 Å². The predicted octanol–water partition coefficient (Wildman–Crippen LogP) is 2.71. The molecule has 1 aliphatic carbocycles. The number of carbonyl (C=O) groups is 2. The van der Waals surface area contributed by atoms with Crippen LogP contribution in [0.15, 0.2) is 36.5 Å². The number of hydrogen-bond donors (Lipinski definition) is 1. The van der Waals surface area contributed by atoms with Crippen LogP contribution in [0.3, 0.4) is 0 Å². The lowest BCUT2D eigenvalue weighted by Gasteiger charge is -2.37. The number of nitrogens with zero attached hydrogens (tertiary/aromatic N) is 3. The molecule has 8 heteroatoms. The fourth-order valence-electron chi connectivity index (χ4n) is 4.09. The number of halogens is 1. The van der Waals surface area contributed by atoms with Crippen molar-refractivity contribution in [3.8, 4) is 17.7 Å². The van der Waals surface area contributed by atoms with Crippen molar-refractivity contribution in [3.05, 3.63) is 59.0 Å². The van der Waals surface area contributed by atoms with E-state index in [4.69, 9.17) is 4.74 Å². The van der Waals surface area contributed by atoms with Crippen molar-refractivity contribution in [2.24, 2.45) is 11.8 Å². The lowest BCUT2D eigenvalue weighted by atomic mass is 9.99. The van der Waals surface area contributed by atoms with Gasteiger partial charge in [0.2, 0.25) is 11.8 Å². The standard InChI is InChI=1S/C27H30FN3O4/c1-17-14-31(18(2)16-32)27(34)22-12-19(8-9-20-6-4-5-7-23(20)28)13-29-25(22)35-24(17)15-30(3)26(33)21-10-11-21/h4-7,12-13,17-18,21,24,32H,10-11,14-16H2,1-3H3/t17-,18+,24+/m0/s1. The van der Waals surface area contributed by atoms with Gasteiger partial charge >= 0.3 is 0 Å². The van der Waals surface area contributed by atoms with Crippen molar-refractivity contribution < 1.29 is 23.8 Å². The zero-order valence-electron chi connectivity index (χ0n) is 20.2. The van der Waals surface area contributed by atoms with Gasteiger partial charge in [0.1, 0.15) is 17.5 Å². The highest BCUT2D eigenvalue weighted by Crippen LogP contribution is 2.32. The van der Waals surface area contributed by atoms with Crippen molar-refractivity contribution in [2.45, 2.75) is 38.8 Å². The second kappa shape index (κ2) is 10.4. The van der Waals surface area contributed by atoms with Gasteiger partial charge in [-0.1, -0.05) is 30.9 Å². The summed E-state index contributed by atoms with van der Waals surface area (Å²) in [6, 6.07) is 7.36. The summed E-state index contributed by atoms with van der Waals surface area (Å²) in [7, 11) is 1.77. The molecule has 7 nitrogen and oxygen atoms in total. The summed E-state index contributed by atoms with van der Waals surface area (Å²) in [6.07, 6.45) is 2.93. The molecule has 2 aliphatic rings. The number of amides is 2. The van der Waals surface area contributed by atoms with E-state index in [0.717, 1.165) is 12.8 Å². The SMILES string of the molecule is C[C@H](CO)N1C[C@H](C)[C@@H](CN(C)C(=O)C2CC2)Oc2ncc(C#Cc3ccccc3F)cc2C1=O. The van der Waals surface area contributed by atoms with Crippen molar-refractivity contribution in [3.63, 3.8) is 0 Å². The Hall–Kier alpha value is -3.44. The molecule has 3 atom stereocenters. The lowest BCUT2D eigenvalue weighted by Crippen LogP contribution is -2.50. The topological polar surface area (TPSA) is 83.0 Å². The number of aromatic nitrogens is 1. The van der Waals surface area contributed by atoms with Crippen LogP contribution in [0.5, 0.6) is 5.88 Å². The van der Waals surface area contributed by atoms with Crippen LogP contribution < -0.4 is 4.74 Å². The van der Waals surface area contributed by atoms with Crippen LogP contribution in [0.25, 0.3) is 0 Å². The minimum atomic E-state index is -0.428. The number of aliphatic hydroxyl groups is 1. The average Bonchev–Trinajstić information content (AvgIpc) is 3.70. The third-order valence-corrected chi connectivity index (χ3v) is 6.49. The van der Waals surface area contributed by atoms with E-state index in [1.54, 1.807) is 48.0 Å². The number of ether oxygens (including phenoxy) is 1. The number of hydrogen-bond acceptors (Lipinski definition) is 5. The summed E-state index contributed by atoms with van der Waals surface area (Å²) in [5.74, 6) is 5.14. The smallest absolute Gasteiger partial charge is 0.259 e. The van der Waals surface area contributed by atoms with E-state index < -0.39 is 18.0 Å². The summed E-state index contributed by atoms with van der Waals surface area (Å²) >= 11 is 0. The quantitative estimate of drug-likeness (QED) is 0.667. The van der Waals surface area contributed by atoms with Crippen LogP contribution in [-0.2, 0) is 4.79 Å². The molecule has 0 unspecified atom stereocenters. The highest BCUT2D eigenvalue weighted by Gasteiger charge is 2.37. The van der Waals surface area contributed by atoms with E-state index in [-0.39, 0.29) is 47.3 Å². The molecule has 1 aliphatic heterocycles. The van der Waals surface area contributed by atoms with E-state index >= 15 is 0 Å². The molecule has 2 aromatic rings. The maximum atomic E-state index is 13.9. The average molecular weight is 480 g/mol. The highest BCUT2D eigenvalue weighted by molar-refractivity contribution is 5.97. The first-order chi connectivity index (χ1) is 16.8. The van der Waals surface area contributed by atoms with Gasteiger partial charge in [-0.25, -0.2) is 9.37 Å². The Kier molecular flexibility index (Phi) is 7.37. The predicted molar refractivity (Wildman–Crippen MR) is 128 cm³/mol. The molecule has 0 radical (unpaired) electrons. The van der Waals surface area contributed by atoms with E-state index in [2.05, 4.69) is 16.8 Å². The van der Waals surface area contributed by atoms with Gasteiger partial charge in [-0.3, -0.25) is 9.59 Å². The number of rotatable bonds is 5. The number of aliphatic hydroxyl groups excluding tert-OH is 1. The minimum Gasteiger partial charge on any atom is -0.472 e. The molecule has 1 fully saturated rings. The number of fused-ring (bicyclic) bond motifs is 1. The summed E-state index contributed by atoms with van der Waals surface area (Å²) in [4.78, 5) is 33.7. The van der Waals surface area contributed by atoms with Crippen LogP contribution in [0.1, 0.15) is 48.2 Å². The highest BCUT2D eigenvalue weighted by atomic mass is 19.1. The Bertz CT molecular complexity index is 1170. The number of carbonyl (C=O) groups excluding carboxylic acids is 2. The molecular weight excluding hydrogens is 449 g/mol. The number of benzene rings is 1. The molecule has 0 bridgehead atoms. The molecule has 35 heavy (non-hydrogen) atoms. The monoisotopic (exact) mass is 479 g/mol. The van der Waals surface area contributed by atoms with Crippen LogP contribution in [0.4, 0.5) is 4.39 Å². The van der Waals surface area contributed by atoms with Gasteiger partial charge in [-0.15, -0.1) is 0 Å². The van der Waals surface area contributed by atoms with E-state index in [1.807, 2.05) is 6.92 Å². The normalized spacial score (nSPS) is 20.5. The minimum absolute atomic E-state index is 0.0948. The van der Waals surface area contributed by atoms with Crippen LogP contribution in [-0.4, -0.2) is 70.6 Å². The van der Waals surface area contributed by atoms with E-state index in [9.17, 15) is 19.1 Å². The number of pyridine rings is 1. The van der Waals surface area contributed by atoms with Crippen molar-refractivity contribution in [1.82, 2.24) is 14.8 Å². The van der Waals surface area contributed by atoms with Gasteiger partial charge in [-0.05, 0) is 38.0 Å². The van der Waals surface area contributed by atoms with E-state index in [1.165, 1.54) is 12.3 Å². The molecule has 1 aromatic heterocycles. The van der Waals surface area contributed by atoms with Crippen LogP contribution in [0.2, 0.25) is 0 Å². The van der Waals surface area contributed by atoms with Gasteiger partial charge in [0.05, 0.1) is 24.8 Å². The van der Waals surface area contributed by atoms with Crippen LogP contribution >= 0.6 is 0 Å². The molecule has 1 saturated carbocycles. The maximum absolute atomic E-state index is 13.9. The van der Waals surface area contributed by atoms with Crippen LogP contribution in [0, 0.1) is 29.5 Å². The second-order valence-corrected chi connectivity index (χ2v) is 9.42. The van der Waals surface area contributed by atoms with Gasteiger partial charge in [0, 0.05) is 37.2 Å². The molecule has 0 spiro atoms. The third kappa shape index (κ3) is 5.63. The van der Waals surface area contributed by atoms with Gasteiger partial charge in [0.25, 0.3) is 5.91 Å². The summed E-state index contributed by atoms with van der Waals surface area (Å²) < 4.78 is 20.2. The Morgan fingerprint density at radius 1 is 1.34 bits per heavy atom. The molecular formula is C27H30FN3O4.